The first kappa shape index (κ1) is 32.0. The maximum absolute atomic E-state index is 13.5. The number of para-hydroxylation sites is 1. The monoisotopic (exact) mass is 714 g/mol. The minimum Gasteiger partial charge on any atom is -0.489 e. The van der Waals surface area contributed by atoms with Gasteiger partial charge in [0.2, 0.25) is 0 Å². The van der Waals surface area contributed by atoms with Crippen molar-refractivity contribution in [2.45, 2.75) is 19.6 Å². The van der Waals surface area contributed by atoms with E-state index in [4.69, 9.17) is 16.2 Å². The molecule has 0 unspecified atom stereocenters. The van der Waals surface area contributed by atoms with Gasteiger partial charge in [-0.05, 0) is 71.1 Å². The van der Waals surface area contributed by atoms with Gasteiger partial charge in [-0.1, -0.05) is 71.2 Å². The van der Waals surface area contributed by atoms with Crippen LogP contribution in [0.4, 0.5) is 21.8 Å². The molecule has 14 heteroatoms. The molecule has 7 N–H and O–H groups in total. The highest BCUT2D eigenvalue weighted by Crippen LogP contribution is 2.38. The van der Waals surface area contributed by atoms with Gasteiger partial charge >= 0.3 is 5.97 Å². The zero-order valence-electron chi connectivity index (χ0n) is 26.9. The number of aromatic amines is 1. The first-order valence-electron chi connectivity index (χ1n) is 16.0. The lowest BCUT2D eigenvalue weighted by atomic mass is 9.94. The van der Waals surface area contributed by atoms with E-state index in [9.17, 15) is 14.7 Å². The smallest absolute Gasteiger partial charge is 0.356 e. The molecule has 4 heterocycles. The van der Waals surface area contributed by atoms with Crippen molar-refractivity contribution in [3.05, 3.63) is 119 Å². The third-order valence-corrected chi connectivity index (χ3v) is 10.8. The van der Waals surface area contributed by atoms with Crippen LogP contribution in [0.2, 0.25) is 0 Å². The van der Waals surface area contributed by atoms with Gasteiger partial charge in [-0.2, -0.15) is 5.10 Å². The van der Waals surface area contributed by atoms with Crippen molar-refractivity contribution in [2.24, 2.45) is 0 Å². The molecule has 0 atom stereocenters. The van der Waals surface area contributed by atoms with Crippen molar-refractivity contribution in [2.75, 3.05) is 28.2 Å². The summed E-state index contributed by atoms with van der Waals surface area (Å²) in [5.74, 6) is -0.334. The number of aromatic carboxylic acids is 1. The summed E-state index contributed by atoms with van der Waals surface area (Å²) in [6.07, 6.45) is 0.692. The molecule has 4 aromatic carbocycles. The molecule has 0 saturated heterocycles. The number of hydrogen-bond donors (Lipinski definition) is 5. The third kappa shape index (κ3) is 6.33. The van der Waals surface area contributed by atoms with E-state index in [0.29, 0.717) is 69.8 Å². The van der Waals surface area contributed by atoms with Gasteiger partial charge in [-0.15, -0.1) is 0 Å². The van der Waals surface area contributed by atoms with Crippen LogP contribution in [0, 0.1) is 0 Å². The third-order valence-electron chi connectivity index (χ3n) is 8.70. The first-order chi connectivity index (χ1) is 24.8. The second-order valence-electron chi connectivity index (χ2n) is 11.9. The summed E-state index contributed by atoms with van der Waals surface area (Å²) in [6.45, 7) is 1.38. The number of hydrogen-bond acceptors (Lipinski definition) is 11. The van der Waals surface area contributed by atoms with Gasteiger partial charge in [-0.3, -0.25) is 15.2 Å². The normalized spacial score (nSPS) is 12.5. The maximum atomic E-state index is 13.5. The van der Waals surface area contributed by atoms with Crippen LogP contribution < -0.4 is 26.4 Å². The lowest BCUT2D eigenvalue weighted by Crippen LogP contribution is -2.32. The average Bonchev–Trinajstić information content (AvgIpc) is 3.87. The van der Waals surface area contributed by atoms with E-state index in [1.165, 1.54) is 22.7 Å². The number of fused-ring (bicyclic) bond motifs is 2. The Morgan fingerprint density at radius 3 is 2.45 bits per heavy atom. The standard InChI is InChI=1S/C37H30N8O4S2/c38-29-30(43-44-33(29)39)22-12-14-24(15-13-22)49-19-20-8-10-23(11-9-20)32-31(35(47)48)41-37(51-32)45-17-16-21-4-3-5-25(26(21)18-45)34(46)42-36-40-27-6-1-2-7-28(27)50-36/h1-15H,16-19,38H2,(H,47,48)(H3,39,43,44)(H,40,42,46). The molecule has 254 valence electrons. The van der Waals surface area contributed by atoms with Crippen LogP contribution in [0.15, 0.2) is 91.0 Å². The van der Waals surface area contributed by atoms with E-state index in [1.807, 2.05) is 95.9 Å². The largest absolute Gasteiger partial charge is 0.489 e. The number of carbonyl (C=O) groups excluding carboxylic acids is 1. The summed E-state index contributed by atoms with van der Waals surface area (Å²) in [5, 5.41) is 21.0. The Morgan fingerprint density at radius 1 is 0.922 bits per heavy atom. The van der Waals surface area contributed by atoms with Crippen LogP contribution >= 0.6 is 22.7 Å². The minimum atomic E-state index is -1.10. The number of carboxylic acid groups (broad SMARTS) is 1. The van der Waals surface area contributed by atoms with Gasteiger partial charge in [0, 0.05) is 24.2 Å². The first-order valence-corrected chi connectivity index (χ1v) is 17.6. The number of carboxylic acids is 1. The van der Waals surface area contributed by atoms with Crippen LogP contribution in [0.25, 0.3) is 31.9 Å². The number of nitrogens with zero attached hydrogens (tertiary/aromatic N) is 4. The number of nitrogen functional groups attached to an aromatic ring is 2. The molecule has 0 aliphatic carbocycles. The summed E-state index contributed by atoms with van der Waals surface area (Å²) < 4.78 is 6.98. The molecule has 0 radical (unpaired) electrons. The van der Waals surface area contributed by atoms with E-state index in [-0.39, 0.29) is 11.6 Å². The Labute approximate surface area is 299 Å². The minimum absolute atomic E-state index is 0.00828. The SMILES string of the molecule is Nc1[nH]nc(-c2ccc(OCc3ccc(-c4sc(N5CCc6cccc(C(=O)Nc7nc8ccccc8s7)c6C5)nc4C(=O)O)cc3)cc2)c1N. The fraction of sp³-hybridized carbons (Fsp3) is 0.108. The summed E-state index contributed by atoms with van der Waals surface area (Å²) in [6, 6.07) is 28.5. The number of rotatable bonds is 9. The van der Waals surface area contributed by atoms with Crippen molar-refractivity contribution < 1.29 is 19.4 Å². The quantitative estimate of drug-likeness (QED) is 0.104. The molecule has 3 aromatic heterocycles. The maximum Gasteiger partial charge on any atom is 0.356 e. The molecular weight excluding hydrogens is 685 g/mol. The van der Waals surface area contributed by atoms with E-state index in [2.05, 4.69) is 25.5 Å². The number of carbonyl (C=O) groups is 2. The molecule has 0 spiro atoms. The van der Waals surface area contributed by atoms with Gasteiger partial charge in [0.25, 0.3) is 5.91 Å². The average molecular weight is 715 g/mol. The van der Waals surface area contributed by atoms with Crippen LogP contribution in [0.3, 0.4) is 0 Å². The second kappa shape index (κ2) is 13.2. The Hall–Kier alpha value is -6.25. The Morgan fingerprint density at radius 2 is 1.71 bits per heavy atom. The van der Waals surface area contributed by atoms with Crippen LogP contribution in [-0.4, -0.2) is 43.7 Å². The predicted molar refractivity (Wildman–Crippen MR) is 200 cm³/mol. The van der Waals surface area contributed by atoms with Gasteiger partial charge in [-0.25, -0.2) is 14.8 Å². The van der Waals surface area contributed by atoms with E-state index < -0.39 is 5.97 Å². The molecule has 1 amide bonds. The number of anilines is 4. The number of ether oxygens (including phenoxy) is 1. The van der Waals surface area contributed by atoms with Gasteiger partial charge < -0.3 is 26.2 Å². The zero-order chi connectivity index (χ0) is 35.1. The highest BCUT2D eigenvalue weighted by atomic mass is 32.1. The number of thiazole rings is 2. The van der Waals surface area contributed by atoms with Crippen LogP contribution in [-0.2, 0) is 19.6 Å². The van der Waals surface area contributed by atoms with Crippen molar-refractivity contribution in [1.82, 2.24) is 20.2 Å². The van der Waals surface area contributed by atoms with Crippen LogP contribution in [0.1, 0.15) is 37.5 Å². The van der Waals surface area contributed by atoms with Crippen molar-refractivity contribution in [3.63, 3.8) is 0 Å². The Bertz CT molecular complexity index is 2390. The number of nitrogens with two attached hydrogens (primary N) is 2. The molecule has 0 fully saturated rings. The fourth-order valence-electron chi connectivity index (χ4n) is 6.04. The molecule has 7 aromatic rings. The van der Waals surface area contributed by atoms with Crippen molar-refractivity contribution in [3.8, 4) is 27.4 Å². The molecule has 1 aliphatic heterocycles. The number of amides is 1. The number of aromatic nitrogens is 4. The van der Waals surface area contributed by atoms with Gasteiger partial charge in [0.15, 0.2) is 16.0 Å². The molecular formula is C37H30N8O4S2. The van der Waals surface area contributed by atoms with Gasteiger partial charge in [0.1, 0.15) is 29.6 Å². The van der Waals surface area contributed by atoms with E-state index >= 15 is 0 Å². The zero-order valence-corrected chi connectivity index (χ0v) is 28.6. The van der Waals surface area contributed by atoms with Gasteiger partial charge in [0.05, 0.1) is 15.1 Å². The lowest BCUT2D eigenvalue weighted by Gasteiger charge is -2.29. The molecule has 12 nitrogen and oxygen atoms in total. The van der Waals surface area contributed by atoms with Crippen molar-refractivity contribution >= 4 is 66.5 Å². The summed E-state index contributed by atoms with van der Waals surface area (Å²) in [7, 11) is 0. The lowest BCUT2D eigenvalue weighted by molar-refractivity contribution is 0.0692. The Balaban J connectivity index is 0.968. The number of H-pyrrole nitrogens is 1. The predicted octanol–water partition coefficient (Wildman–Crippen LogP) is 7.07. The fourth-order valence-corrected chi connectivity index (χ4v) is 7.99. The summed E-state index contributed by atoms with van der Waals surface area (Å²) >= 11 is 2.76. The summed E-state index contributed by atoms with van der Waals surface area (Å²) in [5.41, 5.74) is 18.6. The van der Waals surface area contributed by atoms with Crippen molar-refractivity contribution in [1.29, 1.82) is 0 Å². The number of benzene rings is 4. The summed E-state index contributed by atoms with van der Waals surface area (Å²) in [4.78, 5) is 37.6. The van der Waals surface area contributed by atoms with E-state index in [0.717, 1.165) is 38.0 Å². The molecule has 51 heavy (non-hydrogen) atoms. The number of nitrogens with one attached hydrogen (secondary N) is 2. The molecule has 0 saturated carbocycles. The second-order valence-corrected chi connectivity index (χ2v) is 14.0. The topological polar surface area (TPSA) is 185 Å². The molecule has 8 rings (SSSR count). The highest BCUT2D eigenvalue weighted by molar-refractivity contribution is 7.22. The highest BCUT2D eigenvalue weighted by Gasteiger charge is 2.27. The molecule has 1 aliphatic rings. The molecule has 0 bridgehead atoms. The Kier molecular flexibility index (Phi) is 8.29. The van der Waals surface area contributed by atoms with E-state index in [1.54, 1.807) is 0 Å². The van der Waals surface area contributed by atoms with Crippen LogP contribution in [0.5, 0.6) is 5.75 Å².